The lowest BCUT2D eigenvalue weighted by atomic mass is 9.74. The van der Waals surface area contributed by atoms with Gasteiger partial charge in [-0.3, -0.25) is 14.6 Å². The first-order valence-electron chi connectivity index (χ1n) is 12.0. The maximum Gasteiger partial charge on any atom is 0.225 e. The van der Waals surface area contributed by atoms with E-state index in [0.717, 1.165) is 57.4 Å². The van der Waals surface area contributed by atoms with E-state index in [4.69, 9.17) is 0 Å². The average molecular weight is 424 g/mol. The Bertz CT molecular complexity index is 804. The molecular formula is C26H37N3O2. The molecule has 0 bridgehead atoms. The van der Waals surface area contributed by atoms with Crippen molar-refractivity contribution >= 4 is 5.91 Å². The highest BCUT2D eigenvalue weighted by molar-refractivity contribution is 5.79. The largest absolute Gasteiger partial charge is 0.395 e. The van der Waals surface area contributed by atoms with Gasteiger partial charge >= 0.3 is 0 Å². The molecule has 1 aromatic rings. The lowest BCUT2D eigenvalue weighted by Crippen LogP contribution is -2.68. The summed E-state index contributed by atoms with van der Waals surface area (Å²) in [4.78, 5) is 19.8. The number of nitrogens with zero attached hydrogens (tertiary/aromatic N) is 3. The van der Waals surface area contributed by atoms with Crippen LogP contribution in [-0.2, 0) is 4.79 Å². The summed E-state index contributed by atoms with van der Waals surface area (Å²) < 4.78 is 0. The van der Waals surface area contributed by atoms with Gasteiger partial charge in [-0.05, 0) is 64.0 Å². The minimum absolute atomic E-state index is 0.150. The molecule has 31 heavy (non-hydrogen) atoms. The van der Waals surface area contributed by atoms with Crippen LogP contribution in [0.25, 0.3) is 0 Å². The maximum atomic E-state index is 13.2. The van der Waals surface area contributed by atoms with Gasteiger partial charge in [0.2, 0.25) is 5.91 Å². The molecule has 2 aliphatic heterocycles. The zero-order valence-electron chi connectivity index (χ0n) is 19.1. The Balaban J connectivity index is 1.49. The number of fused-ring (bicyclic) bond motifs is 1. The van der Waals surface area contributed by atoms with E-state index in [1.54, 1.807) is 0 Å². The molecule has 0 radical (unpaired) electrons. The molecule has 0 unspecified atom stereocenters. The van der Waals surface area contributed by atoms with Crippen LogP contribution in [0, 0.1) is 17.8 Å². The normalized spacial score (nSPS) is 27.1. The summed E-state index contributed by atoms with van der Waals surface area (Å²) >= 11 is 0. The van der Waals surface area contributed by atoms with Crippen molar-refractivity contribution in [3.8, 4) is 11.8 Å². The first-order chi connectivity index (χ1) is 15.1. The Hall–Kier alpha value is -1.87. The number of hydrogen-bond donors (Lipinski definition) is 1. The molecule has 2 saturated heterocycles. The summed E-state index contributed by atoms with van der Waals surface area (Å²) in [6, 6.07) is 8.99. The first kappa shape index (κ1) is 22.3. The topological polar surface area (TPSA) is 47.0 Å². The van der Waals surface area contributed by atoms with Gasteiger partial charge in [0.25, 0.3) is 0 Å². The lowest BCUT2D eigenvalue weighted by Gasteiger charge is -2.57. The molecule has 5 heteroatoms. The number of rotatable bonds is 4. The number of carbonyl (C=O) groups excluding carboxylic acids is 1. The van der Waals surface area contributed by atoms with E-state index in [9.17, 15) is 9.90 Å². The molecule has 1 aliphatic carbocycles. The van der Waals surface area contributed by atoms with Gasteiger partial charge in [-0.2, -0.15) is 0 Å². The van der Waals surface area contributed by atoms with Gasteiger partial charge in [-0.1, -0.05) is 36.8 Å². The van der Waals surface area contributed by atoms with Crippen LogP contribution >= 0.6 is 0 Å². The van der Waals surface area contributed by atoms with Gasteiger partial charge < -0.3 is 10.0 Å². The number of aliphatic hydroxyl groups is 1. The van der Waals surface area contributed by atoms with E-state index in [1.165, 1.54) is 18.4 Å². The van der Waals surface area contributed by atoms with Crippen LogP contribution in [0.1, 0.15) is 55.6 Å². The van der Waals surface area contributed by atoms with Crippen molar-refractivity contribution < 1.29 is 9.90 Å². The van der Waals surface area contributed by atoms with E-state index in [-0.39, 0.29) is 24.5 Å². The van der Waals surface area contributed by atoms with Crippen LogP contribution in [0.15, 0.2) is 24.3 Å². The second kappa shape index (κ2) is 10.2. The summed E-state index contributed by atoms with van der Waals surface area (Å²) in [5, 5.41) is 10.1. The molecule has 1 amide bonds. The Morgan fingerprint density at radius 2 is 1.81 bits per heavy atom. The number of hydrogen-bond acceptors (Lipinski definition) is 4. The summed E-state index contributed by atoms with van der Waals surface area (Å²) in [6.07, 6.45) is 6.66. The summed E-state index contributed by atoms with van der Waals surface area (Å²) in [7, 11) is 4.04. The Labute approximate surface area is 187 Å². The number of aliphatic hydroxyl groups excluding tert-OH is 1. The fraction of sp³-hybridized carbons (Fsp3) is 0.654. The zero-order valence-corrected chi connectivity index (χ0v) is 19.1. The standard InChI is InChI=1S/C26H37N3O2/c1-27(2)15-7-8-20-11-13-21(14-12-20)25-23-18-28(26(31)22-9-3-4-10-22)16-5-6-17-29(23)24(25)19-30/h11-14,22-25,30H,3-6,9-10,15-19H2,1-2H3/t23-,24-,25-/m0/s1. The lowest BCUT2D eigenvalue weighted by molar-refractivity contribution is -0.140. The van der Waals surface area contributed by atoms with E-state index in [0.29, 0.717) is 11.9 Å². The van der Waals surface area contributed by atoms with Crippen molar-refractivity contribution in [2.45, 2.75) is 56.5 Å². The van der Waals surface area contributed by atoms with E-state index >= 15 is 0 Å². The van der Waals surface area contributed by atoms with Gasteiger partial charge in [0.05, 0.1) is 13.2 Å². The fourth-order valence-corrected chi connectivity index (χ4v) is 5.66. The zero-order chi connectivity index (χ0) is 21.8. The summed E-state index contributed by atoms with van der Waals surface area (Å²) in [5.41, 5.74) is 2.28. The third kappa shape index (κ3) is 4.98. The first-order valence-corrected chi connectivity index (χ1v) is 12.0. The van der Waals surface area contributed by atoms with Crippen molar-refractivity contribution in [1.29, 1.82) is 0 Å². The van der Waals surface area contributed by atoms with Gasteiger partial charge in [-0.15, -0.1) is 0 Å². The van der Waals surface area contributed by atoms with Crippen LogP contribution in [0.2, 0.25) is 0 Å². The molecule has 1 saturated carbocycles. The minimum Gasteiger partial charge on any atom is -0.395 e. The molecule has 2 heterocycles. The van der Waals surface area contributed by atoms with Crippen molar-refractivity contribution in [2.24, 2.45) is 5.92 Å². The average Bonchev–Trinajstić information content (AvgIpc) is 3.28. The molecule has 1 aromatic carbocycles. The third-order valence-corrected chi connectivity index (χ3v) is 7.31. The Morgan fingerprint density at radius 1 is 1.10 bits per heavy atom. The molecule has 3 atom stereocenters. The van der Waals surface area contributed by atoms with Crippen molar-refractivity contribution in [3.63, 3.8) is 0 Å². The predicted octanol–water partition coefficient (Wildman–Crippen LogP) is 2.54. The fourth-order valence-electron chi connectivity index (χ4n) is 5.66. The molecule has 4 rings (SSSR count). The van der Waals surface area contributed by atoms with Crippen LogP contribution in [0.3, 0.4) is 0 Å². The third-order valence-electron chi connectivity index (χ3n) is 7.31. The van der Waals surface area contributed by atoms with Crippen LogP contribution in [0.4, 0.5) is 0 Å². The number of carbonyl (C=O) groups is 1. The number of benzene rings is 1. The van der Waals surface area contributed by atoms with E-state index in [1.807, 2.05) is 14.1 Å². The molecule has 0 aromatic heterocycles. The molecular weight excluding hydrogens is 386 g/mol. The second-order valence-electron chi connectivity index (χ2n) is 9.72. The SMILES string of the molecule is CN(C)CC#Cc1ccc([C@@H]2[C@H](CO)N3CCCCN(C(=O)C4CCCC4)C[C@@H]23)cc1. The van der Waals surface area contributed by atoms with E-state index < -0.39 is 0 Å². The van der Waals surface area contributed by atoms with Crippen LogP contribution in [0.5, 0.6) is 0 Å². The van der Waals surface area contributed by atoms with Gasteiger partial charge in [-0.25, -0.2) is 0 Å². The minimum atomic E-state index is 0.150. The molecule has 3 fully saturated rings. The Kier molecular flexibility index (Phi) is 7.32. The molecule has 0 spiro atoms. The van der Waals surface area contributed by atoms with Crippen molar-refractivity contribution in [1.82, 2.24) is 14.7 Å². The summed E-state index contributed by atoms with van der Waals surface area (Å²) in [6.45, 7) is 3.62. The van der Waals surface area contributed by atoms with Gasteiger partial charge in [0.15, 0.2) is 0 Å². The van der Waals surface area contributed by atoms with Crippen LogP contribution < -0.4 is 0 Å². The Morgan fingerprint density at radius 3 is 2.48 bits per heavy atom. The predicted molar refractivity (Wildman–Crippen MR) is 124 cm³/mol. The monoisotopic (exact) mass is 423 g/mol. The molecule has 1 N–H and O–H groups in total. The smallest absolute Gasteiger partial charge is 0.225 e. The van der Waals surface area contributed by atoms with Crippen molar-refractivity contribution in [2.75, 3.05) is 46.9 Å². The molecule has 5 nitrogen and oxygen atoms in total. The van der Waals surface area contributed by atoms with Crippen molar-refractivity contribution in [3.05, 3.63) is 35.4 Å². The number of amides is 1. The highest BCUT2D eigenvalue weighted by atomic mass is 16.3. The van der Waals surface area contributed by atoms with Gasteiger partial charge in [0.1, 0.15) is 0 Å². The highest BCUT2D eigenvalue weighted by Crippen LogP contribution is 2.42. The summed E-state index contributed by atoms with van der Waals surface area (Å²) in [5.74, 6) is 7.29. The maximum absolute atomic E-state index is 13.2. The quantitative estimate of drug-likeness (QED) is 0.756. The van der Waals surface area contributed by atoms with Crippen LogP contribution in [-0.4, -0.2) is 84.7 Å². The highest BCUT2D eigenvalue weighted by Gasteiger charge is 2.49. The van der Waals surface area contributed by atoms with E-state index in [2.05, 4.69) is 50.8 Å². The molecule has 168 valence electrons. The second-order valence-corrected chi connectivity index (χ2v) is 9.72. The van der Waals surface area contributed by atoms with Gasteiger partial charge in [0, 0.05) is 42.6 Å². The molecule has 3 aliphatic rings.